The molecule has 5 heteroatoms. The molecular weight excluding hydrogens is 172 g/mol. The van der Waals surface area contributed by atoms with Crippen LogP contribution in [0, 0.1) is 5.92 Å². The summed E-state index contributed by atoms with van der Waals surface area (Å²) in [5.41, 5.74) is 0. The third kappa shape index (κ3) is 4.15. The number of carbonyl (C=O) groups excluding carboxylic acids is 1. The normalized spacial score (nSPS) is 11.9. The first-order chi connectivity index (χ1) is 5.99. The van der Waals surface area contributed by atoms with Crippen molar-refractivity contribution in [2.24, 2.45) is 5.92 Å². The van der Waals surface area contributed by atoms with Crippen LogP contribution in [-0.4, -0.2) is 23.1 Å². The van der Waals surface area contributed by atoms with Gasteiger partial charge in [0.05, 0.1) is 0 Å². The summed E-state index contributed by atoms with van der Waals surface area (Å²) in [7, 11) is 0. The monoisotopic (exact) mass is 186 g/mol. The minimum absolute atomic E-state index is 0.159. The summed E-state index contributed by atoms with van der Waals surface area (Å²) in [4.78, 5) is 21.5. The van der Waals surface area contributed by atoms with Crippen LogP contribution >= 0.6 is 0 Å². The molecule has 0 aliphatic heterocycles. The van der Waals surface area contributed by atoms with Crippen molar-refractivity contribution in [3.05, 3.63) is 12.8 Å². The zero-order valence-electron chi connectivity index (χ0n) is 7.70. The van der Waals surface area contributed by atoms with Crippen LogP contribution in [0.4, 0.5) is 4.79 Å². The summed E-state index contributed by atoms with van der Waals surface area (Å²) in [5.74, 6) is -1.21. The van der Waals surface area contributed by atoms with E-state index in [1.54, 1.807) is 13.8 Å². The number of hydrogen-bond donors (Lipinski definition) is 3. The maximum atomic E-state index is 10.9. The van der Waals surface area contributed by atoms with Crippen LogP contribution in [0.1, 0.15) is 13.8 Å². The van der Waals surface area contributed by atoms with Crippen molar-refractivity contribution in [2.45, 2.75) is 19.9 Å². The second kappa shape index (κ2) is 5.18. The number of rotatable bonds is 4. The fraction of sp³-hybridized carbons (Fsp3) is 0.500. The lowest BCUT2D eigenvalue weighted by Gasteiger charge is -2.17. The molecule has 0 spiro atoms. The molecule has 0 aliphatic rings. The quantitative estimate of drug-likeness (QED) is 0.599. The van der Waals surface area contributed by atoms with E-state index in [1.807, 2.05) is 0 Å². The van der Waals surface area contributed by atoms with Gasteiger partial charge in [0, 0.05) is 0 Å². The molecule has 0 heterocycles. The van der Waals surface area contributed by atoms with Gasteiger partial charge in [-0.15, -0.1) is 0 Å². The van der Waals surface area contributed by atoms with E-state index in [2.05, 4.69) is 17.2 Å². The van der Waals surface area contributed by atoms with Crippen molar-refractivity contribution >= 4 is 12.0 Å². The Morgan fingerprint density at radius 1 is 1.46 bits per heavy atom. The van der Waals surface area contributed by atoms with E-state index in [9.17, 15) is 9.59 Å². The highest BCUT2D eigenvalue weighted by Crippen LogP contribution is 2.00. The molecule has 74 valence electrons. The Balaban J connectivity index is 4.18. The number of carbonyl (C=O) groups is 2. The summed E-state index contributed by atoms with van der Waals surface area (Å²) in [6.07, 6.45) is 1.19. The van der Waals surface area contributed by atoms with Gasteiger partial charge in [0.2, 0.25) is 0 Å². The summed E-state index contributed by atoms with van der Waals surface area (Å²) in [6.45, 7) is 6.71. The standard InChI is InChI=1S/C8H14N2O3/c1-4-9-8(13)10-6(5(2)3)7(11)12/h4-6H,1H2,2-3H3,(H,11,12)(H2,9,10,13). The van der Waals surface area contributed by atoms with Gasteiger partial charge in [0.25, 0.3) is 0 Å². The molecule has 0 aromatic carbocycles. The van der Waals surface area contributed by atoms with Gasteiger partial charge in [-0.05, 0) is 12.1 Å². The Kier molecular flexibility index (Phi) is 4.58. The third-order valence-corrected chi connectivity index (χ3v) is 1.45. The van der Waals surface area contributed by atoms with E-state index in [0.717, 1.165) is 0 Å². The SMILES string of the molecule is C=CNC(=O)NC(C(=O)O)C(C)C. The summed E-state index contributed by atoms with van der Waals surface area (Å²) >= 11 is 0. The molecule has 0 saturated carbocycles. The number of aliphatic carboxylic acids is 1. The molecule has 0 aromatic heterocycles. The number of nitrogens with one attached hydrogen (secondary N) is 2. The Hall–Kier alpha value is -1.52. The molecule has 2 amide bonds. The lowest BCUT2D eigenvalue weighted by molar-refractivity contribution is -0.140. The van der Waals surface area contributed by atoms with E-state index in [1.165, 1.54) is 6.20 Å². The molecule has 1 atom stereocenters. The Morgan fingerprint density at radius 3 is 2.31 bits per heavy atom. The predicted octanol–water partition coefficient (Wildman–Crippen LogP) is 0.538. The highest BCUT2D eigenvalue weighted by Gasteiger charge is 2.22. The van der Waals surface area contributed by atoms with E-state index in [0.29, 0.717) is 0 Å². The molecule has 1 unspecified atom stereocenters. The number of hydrogen-bond acceptors (Lipinski definition) is 2. The molecule has 0 bridgehead atoms. The van der Waals surface area contributed by atoms with Gasteiger partial charge in [-0.25, -0.2) is 9.59 Å². The van der Waals surface area contributed by atoms with Crippen LogP contribution < -0.4 is 10.6 Å². The lowest BCUT2D eigenvalue weighted by atomic mass is 10.1. The third-order valence-electron chi connectivity index (χ3n) is 1.45. The van der Waals surface area contributed by atoms with E-state index >= 15 is 0 Å². The summed E-state index contributed by atoms with van der Waals surface area (Å²) in [5, 5.41) is 13.2. The first-order valence-electron chi connectivity index (χ1n) is 3.89. The Labute approximate surface area is 76.8 Å². The van der Waals surface area contributed by atoms with Crippen LogP contribution in [0.2, 0.25) is 0 Å². The van der Waals surface area contributed by atoms with Crippen LogP contribution in [0.5, 0.6) is 0 Å². The van der Waals surface area contributed by atoms with Crippen molar-refractivity contribution in [3.63, 3.8) is 0 Å². The van der Waals surface area contributed by atoms with Crippen LogP contribution in [0.25, 0.3) is 0 Å². The zero-order chi connectivity index (χ0) is 10.4. The van der Waals surface area contributed by atoms with Crippen LogP contribution in [-0.2, 0) is 4.79 Å². The first-order valence-corrected chi connectivity index (χ1v) is 3.89. The van der Waals surface area contributed by atoms with Crippen LogP contribution in [0.3, 0.4) is 0 Å². The van der Waals surface area contributed by atoms with E-state index < -0.39 is 18.0 Å². The average Bonchev–Trinajstić information content (AvgIpc) is 1.99. The zero-order valence-corrected chi connectivity index (χ0v) is 7.70. The molecule has 0 radical (unpaired) electrons. The van der Waals surface area contributed by atoms with E-state index in [4.69, 9.17) is 5.11 Å². The fourth-order valence-electron chi connectivity index (χ4n) is 0.789. The number of urea groups is 1. The Bertz CT molecular complexity index is 213. The molecule has 0 saturated heterocycles. The second-order valence-electron chi connectivity index (χ2n) is 2.88. The maximum Gasteiger partial charge on any atom is 0.326 e. The molecule has 13 heavy (non-hydrogen) atoms. The molecule has 3 N–H and O–H groups in total. The van der Waals surface area contributed by atoms with Crippen molar-refractivity contribution in [2.75, 3.05) is 0 Å². The summed E-state index contributed by atoms with van der Waals surface area (Å²) in [6, 6.07) is -1.43. The van der Waals surface area contributed by atoms with Gasteiger partial charge in [-0.2, -0.15) is 0 Å². The smallest absolute Gasteiger partial charge is 0.326 e. The number of amides is 2. The van der Waals surface area contributed by atoms with Crippen molar-refractivity contribution < 1.29 is 14.7 Å². The van der Waals surface area contributed by atoms with Gasteiger partial charge >= 0.3 is 12.0 Å². The maximum absolute atomic E-state index is 10.9. The number of carboxylic acid groups (broad SMARTS) is 1. The van der Waals surface area contributed by atoms with Gasteiger partial charge < -0.3 is 15.7 Å². The van der Waals surface area contributed by atoms with Gasteiger partial charge in [-0.1, -0.05) is 20.4 Å². The largest absolute Gasteiger partial charge is 0.480 e. The molecular formula is C8H14N2O3. The lowest BCUT2D eigenvalue weighted by Crippen LogP contribution is -2.47. The predicted molar refractivity (Wildman–Crippen MR) is 48.1 cm³/mol. The molecule has 0 aromatic rings. The topological polar surface area (TPSA) is 78.4 Å². The van der Waals surface area contributed by atoms with Gasteiger partial charge in [0.15, 0.2) is 0 Å². The Morgan fingerprint density at radius 2 is 2.00 bits per heavy atom. The second-order valence-corrected chi connectivity index (χ2v) is 2.88. The first kappa shape index (κ1) is 11.5. The average molecular weight is 186 g/mol. The van der Waals surface area contributed by atoms with Crippen molar-refractivity contribution in [1.29, 1.82) is 0 Å². The molecule has 0 aliphatic carbocycles. The van der Waals surface area contributed by atoms with Crippen molar-refractivity contribution in [1.82, 2.24) is 10.6 Å². The minimum atomic E-state index is -1.05. The van der Waals surface area contributed by atoms with Gasteiger partial charge in [0.1, 0.15) is 6.04 Å². The number of carboxylic acids is 1. The van der Waals surface area contributed by atoms with Crippen LogP contribution in [0.15, 0.2) is 12.8 Å². The fourth-order valence-corrected chi connectivity index (χ4v) is 0.789. The van der Waals surface area contributed by atoms with Gasteiger partial charge in [-0.3, -0.25) is 0 Å². The highest BCUT2D eigenvalue weighted by atomic mass is 16.4. The molecule has 0 rings (SSSR count). The molecule has 0 fully saturated rings. The minimum Gasteiger partial charge on any atom is -0.480 e. The van der Waals surface area contributed by atoms with E-state index in [-0.39, 0.29) is 5.92 Å². The van der Waals surface area contributed by atoms with Crippen molar-refractivity contribution in [3.8, 4) is 0 Å². The summed E-state index contributed by atoms with van der Waals surface area (Å²) < 4.78 is 0. The highest BCUT2D eigenvalue weighted by molar-refractivity contribution is 5.83. The molecule has 5 nitrogen and oxygen atoms in total.